The Bertz CT molecular complexity index is 786. The van der Waals surface area contributed by atoms with Crippen molar-refractivity contribution in [3.05, 3.63) is 53.6 Å². The molecule has 0 aliphatic heterocycles. The van der Waals surface area contributed by atoms with E-state index in [1.165, 1.54) is 5.56 Å². The van der Waals surface area contributed by atoms with Crippen LogP contribution in [0.25, 0.3) is 0 Å². The maximum atomic E-state index is 5.42. The number of benzene rings is 2. The zero-order valence-electron chi connectivity index (χ0n) is 18.7. The SMILES string of the molecule is CN=C(NCc1cc(OC)c(OC)c(OC)c1)NCC(C)(C)Cc1ccccc1.I. The maximum Gasteiger partial charge on any atom is 0.203 e. The predicted octanol–water partition coefficient (Wildman–Crippen LogP) is 4.26. The summed E-state index contributed by atoms with van der Waals surface area (Å²) in [6.07, 6.45) is 0.991. The Morgan fingerprint density at radius 1 is 0.900 bits per heavy atom. The molecular formula is C23H34IN3O3. The van der Waals surface area contributed by atoms with Gasteiger partial charge < -0.3 is 24.8 Å². The number of rotatable bonds is 9. The first-order valence-electron chi connectivity index (χ1n) is 9.69. The number of guanidine groups is 1. The number of methoxy groups -OCH3 is 3. The van der Waals surface area contributed by atoms with E-state index in [1.54, 1.807) is 28.4 Å². The first-order chi connectivity index (χ1) is 13.9. The molecule has 2 aromatic carbocycles. The van der Waals surface area contributed by atoms with E-state index in [9.17, 15) is 0 Å². The Kier molecular flexibility index (Phi) is 10.8. The normalized spacial score (nSPS) is 11.3. The molecule has 2 N–H and O–H groups in total. The molecule has 166 valence electrons. The largest absolute Gasteiger partial charge is 0.493 e. The molecule has 0 atom stereocenters. The minimum atomic E-state index is 0. The molecule has 0 amide bonds. The number of hydrogen-bond acceptors (Lipinski definition) is 4. The van der Waals surface area contributed by atoms with Crippen LogP contribution >= 0.6 is 24.0 Å². The van der Waals surface area contributed by atoms with E-state index in [-0.39, 0.29) is 29.4 Å². The quantitative estimate of drug-likeness (QED) is 0.290. The Labute approximate surface area is 197 Å². The van der Waals surface area contributed by atoms with E-state index in [1.807, 2.05) is 18.2 Å². The van der Waals surface area contributed by atoms with Gasteiger partial charge in [-0.2, -0.15) is 0 Å². The lowest BCUT2D eigenvalue weighted by Gasteiger charge is -2.26. The summed E-state index contributed by atoms with van der Waals surface area (Å²) in [4.78, 5) is 4.34. The van der Waals surface area contributed by atoms with Gasteiger partial charge in [0.25, 0.3) is 0 Å². The van der Waals surface area contributed by atoms with Gasteiger partial charge in [-0.3, -0.25) is 4.99 Å². The van der Waals surface area contributed by atoms with E-state index in [4.69, 9.17) is 14.2 Å². The Morgan fingerprint density at radius 2 is 1.50 bits per heavy atom. The molecule has 0 aromatic heterocycles. The highest BCUT2D eigenvalue weighted by Crippen LogP contribution is 2.38. The molecule has 0 saturated carbocycles. The van der Waals surface area contributed by atoms with Crippen LogP contribution in [0, 0.1) is 5.41 Å². The number of halogens is 1. The van der Waals surface area contributed by atoms with E-state index in [0.717, 1.165) is 24.5 Å². The standard InChI is InChI=1S/C23H33N3O3.HI/c1-23(2,14-17-10-8-7-9-11-17)16-26-22(24-3)25-15-18-12-19(27-4)21(29-6)20(13-18)28-5;/h7-13H,14-16H2,1-6H3,(H2,24,25,26);1H. The van der Waals surface area contributed by atoms with Crippen molar-refractivity contribution < 1.29 is 14.2 Å². The van der Waals surface area contributed by atoms with Crippen LogP contribution in [-0.2, 0) is 13.0 Å². The third-order valence-electron chi connectivity index (χ3n) is 4.67. The summed E-state index contributed by atoms with van der Waals surface area (Å²) in [6, 6.07) is 14.4. The number of hydrogen-bond donors (Lipinski definition) is 2. The lowest BCUT2D eigenvalue weighted by Crippen LogP contribution is -2.42. The van der Waals surface area contributed by atoms with Crippen molar-refractivity contribution in [1.82, 2.24) is 10.6 Å². The van der Waals surface area contributed by atoms with Gasteiger partial charge in [-0.05, 0) is 35.1 Å². The van der Waals surface area contributed by atoms with Crippen molar-refractivity contribution in [2.24, 2.45) is 10.4 Å². The molecule has 0 heterocycles. The second-order valence-electron chi connectivity index (χ2n) is 7.64. The van der Waals surface area contributed by atoms with Crippen LogP contribution in [0.15, 0.2) is 47.5 Å². The average Bonchev–Trinajstić information content (AvgIpc) is 2.73. The number of ether oxygens (including phenoxy) is 3. The van der Waals surface area contributed by atoms with Crippen molar-refractivity contribution in [1.29, 1.82) is 0 Å². The minimum absolute atomic E-state index is 0. The molecule has 0 saturated heterocycles. The smallest absolute Gasteiger partial charge is 0.203 e. The minimum Gasteiger partial charge on any atom is -0.493 e. The molecule has 7 heteroatoms. The van der Waals surface area contributed by atoms with Gasteiger partial charge in [0.2, 0.25) is 5.75 Å². The van der Waals surface area contributed by atoms with Gasteiger partial charge in [0.05, 0.1) is 21.3 Å². The van der Waals surface area contributed by atoms with Gasteiger partial charge in [-0.1, -0.05) is 44.2 Å². The van der Waals surface area contributed by atoms with E-state index in [2.05, 4.69) is 53.7 Å². The highest BCUT2D eigenvalue weighted by molar-refractivity contribution is 14.0. The van der Waals surface area contributed by atoms with E-state index in [0.29, 0.717) is 23.8 Å². The first-order valence-corrected chi connectivity index (χ1v) is 9.69. The molecule has 30 heavy (non-hydrogen) atoms. The van der Waals surface area contributed by atoms with Crippen LogP contribution in [0.4, 0.5) is 0 Å². The van der Waals surface area contributed by atoms with Crippen molar-refractivity contribution in [2.45, 2.75) is 26.8 Å². The highest BCUT2D eigenvalue weighted by Gasteiger charge is 2.19. The average molecular weight is 527 g/mol. The van der Waals surface area contributed by atoms with Crippen LogP contribution in [0.1, 0.15) is 25.0 Å². The molecule has 0 unspecified atom stereocenters. The molecule has 0 radical (unpaired) electrons. The lowest BCUT2D eigenvalue weighted by atomic mass is 9.86. The summed E-state index contributed by atoms with van der Waals surface area (Å²) >= 11 is 0. The fourth-order valence-electron chi connectivity index (χ4n) is 3.18. The van der Waals surface area contributed by atoms with Gasteiger partial charge in [0.15, 0.2) is 17.5 Å². The number of nitrogens with one attached hydrogen (secondary N) is 2. The molecule has 0 spiro atoms. The van der Waals surface area contributed by atoms with Crippen molar-refractivity contribution in [2.75, 3.05) is 34.9 Å². The molecule has 0 aliphatic rings. The fraction of sp³-hybridized carbons (Fsp3) is 0.435. The number of aliphatic imine (C=N–C) groups is 1. The fourth-order valence-corrected chi connectivity index (χ4v) is 3.18. The van der Waals surface area contributed by atoms with Crippen LogP contribution in [0.5, 0.6) is 17.2 Å². The summed E-state index contributed by atoms with van der Waals surface area (Å²) in [6.45, 7) is 5.88. The topological polar surface area (TPSA) is 64.1 Å². The van der Waals surface area contributed by atoms with Gasteiger partial charge in [0, 0.05) is 20.1 Å². The second kappa shape index (κ2) is 12.5. The Hall–Kier alpha value is -2.16. The molecule has 2 rings (SSSR count). The third kappa shape index (κ3) is 7.59. The predicted molar refractivity (Wildman–Crippen MR) is 134 cm³/mol. The van der Waals surface area contributed by atoms with Gasteiger partial charge >= 0.3 is 0 Å². The second-order valence-corrected chi connectivity index (χ2v) is 7.64. The van der Waals surface area contributed by atoms with Crippen molar-refractivity contribution in [3.8, 4) is 17.2 Å². The van der Waals surface area contributed by atoms with Crippen molar-refractivity contribution in [3.63, 3.8) is 0 Å². The van der Waals surface area contributed by atoms with Gasteiger partial charge in [0.1, 0.15) is 0 Å². The summed E-state index contributed by atoms with van der Waals surface area (Å²) in [7, 11) is 6.60. The monoisotopic (exact) mass is 527 g/mol. The first kappa shape index (κ1) is 25.9. The molecule has 0 fully saturated rings. The third-order valence-corrected chi connectivity index (χ3v) is 4.67. The summed E-state index contributed by atoms with van der Waals surface area (Å²) in [5.41, 5.74) is 2.43. The van der Waals surface area contributed by atoms with Crippen LogP contribution in [0.3, 0.4) is 0 Å². The molecule has 0 bridgehead atoms. The molecule has 6 nitrogen and oxygen atoms in total. The van der Waals surface area contributed by atoms with Crippen LogP contribution in [-0.4, -0.2) is 40.9 Å². The van der Waals surface area contributed by atoms with Gasteiger partial charge in [-0.15, -0.1) is 24.0 Å². The summed E-state index contributed by atoms with van der Waals surface area (Å²) in [5, 5.41) is 6.78. The highest BCUT2D eigenvalue weighted by atomic mass is 127. The molecular weight excluding hydrogens is 493 g/mol. The maximum absolute atomic E-state index is 5.42. The lowest BCUT2D eigenvalue weighted by molar-refractivity contribution is 0.323. The van der Waals surface area contributed by atoms with Crippen molar-refractivity contribution >= 4 is 29.9 Å². The zero-order chi connectivity index (χ0) is 21.3. The Morgan fingerprint density at radius 3 is 2.00 bits per heavy atom. The summed E-state index contributed by atoms with van der Waals surface area (Å²) < 4.78 is 16.2. The summed E-state index contributed by atoms with van der Waals surface area (Å²) in [5.74, 6) is 2.61. The Balaban J connectivity index is 0.00000450. The molecule has 0 aliphatic carbocycles. The zero-order valence-corrected chi connectivity index (χ0v) is 21.1. The van der Waals surface area contributed by atoms with Gasteiger partial charge in [-0.25, -0.2) is 0 Å². The van der Waals surface area contributed by atoms with Crippen LogP contribution < -0.4 is 24.8 Å². The van der Waals surface area contributed by atoms with Crippen LogP contribution in [0.2, 0.25) is 0 Å². The molecule has 2 aromatic rings. The number of nitrogens with zero attached hydrogens (tertiary/aromatic N) is 1. The van der Waals surface area contributed by atoms with E-state index < -0.39 is 0 Å². The van der Waals surface area contributed by atoms with E-state index >= 15 is 0 Å².